The number of nitrogens with zero attached hydrogens (tertiary/aromatic N) is 4. The molecule has 0 spiro atoms. The molecule has 0 bridgehead atoms. The van der Waals surface area contributed by atoms with E-state index in [0.717, 1.165) is 42.0 Å². The van der Waals surface area contributed by atoms with Gasteiger partial charge in [-0.1, -0.05) is 48.9 Å². The molecule has 0 radical (unpaired) electrons. The van der Waals surface area contributed by atoms with Crippen molar-refractivity contribution in [2.75, 3.05) is 25.0 Å². The van der Waals surface area contributed by atoms with Crippen LogP contribution in [0.2, 0.25) is 0 Å². The Morgan fingerprint density at radius 2 is 1.97 bits per heavy atom. The number of nitrogens with one attached hydrogen (secondary N) is 1. The Labute approximate surface area is 176 Å². The minimum atomic E-state index is -0.0967. The van der Waals surface area contributed by atoms with Gasteiger partial charge in [-0.25, -0.2) is 9.48 Å². The normalized spacial score (nSPS) is 15.9. The van der Waals surface area contributed by atoms with Crippen LogP contribution < -0.4 is 10.1 Å². The Kier molecular flexibility index (Phi) is 6.27. The number of aromatic nitrogens is 3. The van der Waals surface area contributed by atoms with Crippen LogP contribution in [0.3, 0.4) is 0 Å². The molecule has 156 valence electrons. The molecule has 2 heterocycles. The van der Waals surface area contributed by atoms with E-state index in [9.17, 15) is 4.79 Å². The van der Waals surface area contributed by atoms with E-state index in [1.54, 1.807) is 0 Å². The van der Waals surface area contributed by atoms with E-state index in [2.05, 4.69) is 22.6 Å². The van der Waals surface area contributed by atoms with Gasteiger partial charge in [-0.3, -0.25) is 0 Å². The fourth-order valence-electron chi connectivity index (χ4n) is 3.51. The number of unbranched alkanes of at least 4 members (excludes halogenated alkanes) is 1. The highest BCUT2D eigenvalue weighted by molar-refractivity contribution is 5.89. The fourth-order valence-corrected chi connectivity index (χ4v) is 3.51. The minimum absolute atomic E-state index is 0.0967. The number of likely N-dealkylation sites (tertiary alicyclic amines) is 1. The third-order valence-corrected chi connectivity index (χ3v) is 5.28. The standard InChI is InChI=1S/C23H27N5O2/c1-2-3-15-30-21-11-9-19(10-12-21)24-23(29)27-14-13-20(16-27)28-17-22(25-26-28)18-7-5-4-6-8-18/h4-12,17,20H,2-3,13-16H2,1H3,(H,24,29). The van der Waals surface area contributed by atoms with Crippen LogP contribution >= 0.6 is 0 Å². The molecule has 7 nitrogen and oxygen atoms in total. The average Bonchev–Trinajstić information content (AvgIpc) is 3.46. The maximum absolute atomic E-state index is 12.7. The van der Waals surface area contributed by atoms with E-state index in [1.165, 1.54) is 0 Å². The molecule has 30 heavy (non-hydrogen) atoms. The van der Waals surface area contributed by atoms with Crippen molar-refractivity contribution < 1.29 is 9.53 Å². The van der Waals surface area contributed by atoms with E-state index in [4.69, 9.17) is 4.74 Å². The molecule has 1 unspecified atom stereocenters. The lowest BCUT2D eigenvalue weighted by atomic mass is 10.2. The van der Waals surface area contributed by atoms with E-state index in [0.29, 0.717) is 19.7 Å². The lowest BCUT2D eigenvalue weighted by Crippen LogP contribution is -2.33. The zero-order valence-electron chi connectivity index (χ0n) is 17.2. The molecule has 7 heteroatoms. The van der Waals surface area contributed by atoms with Gasteiger partial charge in [-0.15, -0.1) is 5.10 Å². The molecule has 2 aromatic carbocycles. The number of hydrogen-bond acceptors (Lipinski definition) is 4. The number of urea groups is 1. The summed E-state index contributed by atoms with van der Waals surface area (Å²) in [5.74, 6) is 0.822. The van der Waals surface area contributed by atoms with Crippen LogP contribution in [0.15, 0.2) is 60.8 Å². The van der Waals surface area contributed by atoms with Gasteiger partial charge >= 0.3 is 6.03 Å². The second-order valence-electron chi connectivity index (χ2n) is 7.49. The number of carbonyl (C=O) groups excluding carboxylic acids is 1. The van der Waals surface area contributed by atoms with Crippen LogP contribution in [0.1, 0.15) is 32.2 Å². The Morgan fingerprint density at radius 3 is 2.73 bits per heavy atom. The number of anilines is 1. The highest BCUT2D eigenvalue weighted by Crippen LogP contribution is 2.24. The topological polar surface area (TPSA) is 72.3 Å². The summed E-state index contributed by atoms with van der Waals surface area (Å²) in [5.41, 5.74) is 2.65. The van der Waals surface area contributed by atoms with Crippen molar-refractivity contribution >= 4 is 11.7 Å². The molecule has 0 saturated carbocycles. The molecule has 1 atom stereocenters. The van der Waals surface area contributed by atoms with Gasteiger partial charge in [0.1, 0.15) is 11.4 Å². The zero-order valence-corrected chi connectivity index (χ0v) is 17.2. The van der Waals surface area contributed by atoms with Gasteiger partial charge in [0.15, 0.2) is 0 Å². The van der Waals surface area contributed by atoms with Crippen LogP contribution in [0.4, 0.5) is 10.5 Å². The summed E-state index contributed by atoms with van der Waals surface area (Å²) < 4.78 is 7.54. The average molecular weight is 406 g/mol. The summed E-state index contributed by atoms with van der Waals surface area (Å²) in [4.78, 5) is 14.5. The lowest BCUT2D eigenvalue weighted by Gasteiger charge is -2.17. The first kappa shape index (κ1) is 19.9. The quantitative estimate of drug-likeness (QED) is 0.583. The zero-order chi connectivity index (χ0) is 20.8. The van der Waals surface area contributed by atoms with Crippen molar-refractivity contribution in [3.8, 4) is 17.0 Å². The van der Waals surface area contributed by atoms with Crippen LogP contribution in [0.5, 0.6) is 5.75 Å². The van der Waals surface area contributed by atoms with Gasteiger partial charge in [-0.2, -0.15) is 0 Å². The number of amides is 2. The molecule has 1 aromatic heterocycles. The minimum Gasteiger partial charge on any atom is -0.494 e. The summed E-state index contributed by atoms with van der Waals surface area (Å²) in [5, 5.41) is 11.5. The lowest BCUT2D eigenvalue weighted by molar-refractivity contribution is 0.220. The van der Waals surface area contributed by atoms with E-state index in [1.807, 2.05) is 70.4 Å². The highest BCUT2D eigenvalue weighted by atomic mass is 16.5. The Morgan fingerprint density at radius 1 is 1.17 bits per heavy atom. The molecule has 3 aromatic rings. The monoisotopic (exact) mass is 405 g/mol. The van der Waals surface area contributed by atoms with Gasteiger partial charge in [0, 0.05) is 24.3 Å². The van der Waals surface area contributed by atoms with Gasteiger partial charge in [0.2, 0.25) is 0 Å². The molecule has 0 aliphatic carbocycles. The summed E-state index contributed by atoms with van der Waals surface area (Å²) in [6.45, 7) is 4.15. The third kappa shape index (κ3) is 4.79. The molecule has 1 fully saturated rings. The first-order chi connectivity index (χ1) is 14.7. The summed E-state index contributed by atoms with van der Waals surface area (Å²) in [6.07, 6.45) is 4.95. The van der Waals surface area contributed by atoms with Gasteiger partial charge in [0.25, 0.3) is 0 Å². The molecule has 1 aliphatic heterocycles. The highest BCUT2D eigenvalue weighted by Gasteiger charge is 2.28. The van der Waals surface area contributed by atoms with Crippen molar-refractivity contribution in [1.29, 1.82) is 0 Å². The number of rotatable bonds is 7. The maximum Gasteiger partial charge on any atom is 0.321 e. The van der Waals surface area contributed by atoms with Crippen LogP contribution in [-0.4, -0.2) is 45.6 Å². The molecular weight excluding hydrogens is 378 g/mol. The fraction of sp³-hybridized carbons (Fsp3) is 0.348. The molecule has 4 rings (SSSR count). The van der Waals surface area contributed by atoms with E-state index in [-0.39, 0.29) is 12.1 Å². The van der Waals surface area contributed by atoms with Gasteiger partial charge in [-0.05, 0) is 37.1 Å². The SMILES string of the molecule is CCCCOc1ccc(NC(=O)N2CCC(n3cc(-c4ccccc4)nn3)C2)cc1. The third-order valence-electron chi connectivity index (χ3n) is 5.28. The van der Waals surface area contributed by atoms with Crippen LogP contribution in [-0.2, 0) is 0 Å². The van der Waals surface area contributed by atoms with Gasteiger partial charge < -0.3 is 15.0 Å². The second kappa shape index (κ2) is 9.43. The largest absolute Gasteiger partial charge is 0.494 e. The Bertz CT molecular complexity index is 955. The Hall–Kier alpha value is -3.35. The van der Waals surface area contributed by atoms with Crippen molar-refractivity contribution in [1.82, 2.24) is 19.9 Å². The number of ether oxygens (including phenoxy) is 1. The number of benzene rings is 2. The van der Waals surface area contributed by atoms with E-state index < -0.39 is 0 Å². The van der Waals surface area contributed by atoms with Crippen molar-refractivity contribution in [3.05, 3.63) is 60.8 Å². The first-order valence-corrected chi connectivity index (χ1v) is 10.5. The van der Waals surface area contributed by atoms with E-state index >= 15 is 0 Å². The Balaban J connectivity index is 1.31. The number of hydrogen-bond donors (Lipinski definition) is 1. The van der Waals surface area contributed by atoms with Crippen LogP contribution in [0, 0.1) is 0 Å². The van der Waals surface area contributed by atoms with Crippen molar-refractivity contribution in [2.24, 2.45) is 0 Å². The van der Waals surface area contributed by atoms with Crippen molar-refractivity contribution in [2.45, 2.75) is 32.2 Å². The summed E-state index contributed by atoms with van der Waals surface area (Å²) in [6, 6.07) is 17.5. The maximum atomic E-state index is 12.7. The molecule has 1 aliphatic rings. The van der Waals surface area contributed by atoms with Crippen LogP contribution in [0.25, 0.3) is 11.3 Å². The van der Waals surface area contributed by atoms with Crippen molar-refractivity contribution in [3.63, 3.8) is 0 Å². The molecule has 2 amide bonds. The number of carbonyl (C=O) groups is 1. The first-order valence-electron chi connectivity index (χ1n) is 10.5. The molecule has 1 saturated heterocycles. The summed E-state index contributed by atoms with van der Waals surface area (Å²) >= 11 is 0. The molecule has 1 N–H and O–H groups in total. The van der Waals surface area contributed by atoms with Gasteiger partial charge in [0.05, 0.1) is 18.8 Å². The smallest absolute Gasteiger partial charge is 0.321 e. The second-order valence-corrected chi connectivity index (χ2v) is 7.49. The summed E-state index contributed by atoms with van der Waals surface area (Å²) in [7, 11) is 0. The molecular formula is C23H27N5O2. The predicted octanol–water partition coefficient (Wildman–Crippen LogP) is 4.60. The predicted molar refractivity (Wildman–Crippen MR) is 117 cm³/mol.